The molecule has 1 amide bonds. The summed E-state index contributed by atoms with van der Waals surface area (Å²) in [7, 11) is 0. The maximum Gasteiger partial charge on any atom is 0.356 e. The van der Waals surface area contributed by atoms with Crippen LogP contribution < -0.4 is 10.6 Å². The average molecular weight is 566 g/mol. The Hall–Kier alpha value is -4.99. The van der Waals surface area contributed by atoms with Crippen molar-refractivity contribution in [2.24, 2.45) is 5.73 Å². The number of nitrogens with one attached hydrogen (secondary N) is 1. The molecule has 5 rings (SSSR count). The molecule has 1 unspecified atom stereocenters. The molecule has 1 aliphatic heterocycles. The quantitative estimate of drug-likeness (QED) is 0.229. The summed E-state index contributed by atoms with van der Waals surface area (Å²) in [5.41, 5.74) is 11.7. The SMILES string of the molecule is CCCC1N(Cc2ccc(-c3ccccc3-c3nn[nH]n3)cc2)C(C(=O)OCCC(N)=O)=C(CC)N1c1ccccc1. The molecule has 0 saturated carbocycles. The Morgan fingerprint density at radius 1 is 0.952 bits per heavy atom. The first kappa shape index (κ1) is 28.5. The Labute approximate surface area is 245 Å². The van der Waals surface area contributed by atoms with Gasteiger partial charge < -0.3 is 20.3 Å². The van der Waals surface area contributed by atoms with Crippen LogP contribution in [0.25, 0.3) is 22.5 Å². The molecule has 1 atom stereocenters. The molecule has 42 heavy (non-hydrogen) atoms. The molecule has 10 nitrogen and oxygen atoms in total. The topological polar surface area (TPSA) is 130 Å². The van der Waals surface area contributed by atoms with Gasteiger partial charge in [0.05, 0.1) is 12.1 Å². The van der Waals surface area contributed by atoms with Gasteiger partial charge in [-0.3, -0.25) is 4.79 Å². The number of rotatable bonds is 12. The predicted octanol–water partition coefficient (Wildman–Crippen LogP) is 5.02. The number of ether oxygens (including phenoxy) is 1. The molecule has 0 spiro atoms. The van der Waals surface area contributed by atoms with E-state index in [1.165, 1.54) is 0 Å². The lowest BCUT2D eigenvalue weighted by Gasteiger charge is -2.35. The number of amides is 1. The fourth-order valence-corrected chi connectivity index (χ4v) is 5.47. The zero-order chi connectivity index (χ0) is 29.5. The molecule has 0 aliphatic carbocycles. The largest absolute Gasteiger partial charge is 0.460 e. The smallest absolute Gasteiger partial charge is 0.356 e. The third kappa shape index (κ3) is 6.02. The van der Waals surface area contributed by atoms with Crippen molar-refractivity contribution in [3.05, 3.63) is 95.8 Å². The number of aromatic amines is 1. The summed E-state index contributed by atoms with van der Waals surface area (Å²) < 4.78 is 5.59. The second-order valence-corrected chi connectivity index (χ2v) is 10.1. The lowest BCUT2D eigenvalue weighted by atomic mass is 9.98. The van der Waals surface area contributed by atoms with Gasteiger partial charge in [-0.15, -0.1) is 10.2 Å². The molecule has 1 aromatic heterocycles. The summed E-state index contributed by atoms with van der Waals surface area (Å²) in [6.45, 7) is 4.64. The molecule has 216 valence electrons. The van der Waals surface area contributed by atoms with Gasteiger partial charge in [-0.05, 0) is 46.9 Å². The monoisotopic (exact) mass is 565 g/mol. The molecule has 0 saturated heterocycles. The first-order chi connectivity index (χ1) is 20.5. The van der Waals surface area contributed by atoms with E-state index < -0.39 is 11.9 Å². The van der Waals surface area contributed by atoms with E-state index in [1.807, 2.05) is 49.4 Å². The third-order valence-corrected chi connectivity index (χ3v) is 7.33. The van der Waals surface area contributed by atoms with Crippen molar-refractivity contribution in [2.45, 2.75) is 52.2 Å². The fourth-order valence-electron chi connectivity index (χ4n) is 5.47. The zero-order valence-electron chi connectivity index (χ0n) is 23.9. The number of hydrogen-bond donors (Lipinski definition) is 2. The first-order valence-corrected chi connectivity index (χ1v) is 14.2. The number of carbonyl (C=O) groups excluding carboxylic acids is 2. The number of tetrazole rings is 1. The molecular formula is C32H35N7O3. The average Bonchev–Trinajstić information content (AvgIpc) is 3.65. The van der Waals surface area contributed by atoms with E-state index in [9.17, 15) is 9.59 Å². The summed E-state index contributed by atoms with van der Waals surface area (Å²) in [5, 5.41) is 14.5. The van der Waals surface area contributed by atoms with Crippen molar-refractivity contribution in [1.82, 2.24) is 25.5 Å². The molecule has 4 aromatic rings. The van der Waals surface area contributed by atoms with Gasteiger partial charge in [-0.2, -0.15) is 5.21 Å². The Kier molecular flexibility index (Phi) is 8.91. The van der Waals surface area contributed by atoms with Gasteiger partial charge in [-0.1, -0.05) is 87.0 Å². The summed E-state index contributed by atoms with van der Waals surface area (Å²) in [5.74, 6) is -0.420. The number of hydrogen-bond acceptors (Lipinski definition) is 8. The summed E-state index contributed by atoms with van der Waals surface area (Å²) in [6, 6.07) is 26.4. The maximum absolute atomic E-state index is 13.6. The van der Waals surface area contributed by atoms with Gasteiger partial charge in [0.25, 0.3) is 0 Å². The third-order valence-electron chi connectivity index (χ3n) is 7.33. The van der Waals surface area contributed by atoms with Crippen LogP contribution in [-0.2, 0) is 20.9 Å². The predicted molar refractivity (Wildman–Crippen MR) is 160 cm³/mol. The highest BCUT2D eigenvalue weighted by Gasteiger charge is 2.41. The fraction of sp³-hybridized carbons (Fsp3) is 0.281. The number of nitrogens with two attached hydrogens (primary N) is 1. The molecule has 2 heterocycles. The Bertz CT molecular complexity index is 1540. The van der Waals surface area contributed by atoms with Crippen molar-refractivity contribution in [1.29, 1.82) is 0 Å². The maximum atomic E-state index is 13.6. The van der Waals surface area contributed by atoms with Gasteiger partial charge in [0.15, 0.2) is 0 Å². The molecule has 3 aromatic carbocycles. The first-order valence-electron chi connectivity index (χ1n) is 14.2. The van der Waals surface area contributed by atoms with E-state index in [-0.39, 0.29) is 19.2 Å². The summed E-state index contributed by atoms with van der Waals surface area (Å²) in [6.07, 6.45) is 2.31. The van der Waals surface area contributed by atoms with Crippen LogP contribution in [-0.4, -0.2) is 50.2 Å². The Morgan fingerprint density at radius 2 is 1.67 bits per heavy atom. The molecule has 0 bridgehead atoms. The number of H-pyrrole nitrogens is 1. The van der Waals surface area contributed by atoms with Gasteiger partial charge in [-0.25, -0.2) is 4.79 Å². The minimum atomic E-state index is -0.508. The second-order valence-electron chi connectivity index (χ2n) is 10.1. The highest BCUT2D eigenvalue weighted by atomic mass is 16.5. The van der Waals surface area contributed by atoms with E-state index in [0.717, 1.165) is 46.5 Å². The van der Waals surface area contributed by atoms with Crippen LogP contribution in [0.5, 0.6) is 0 Å². The van der Waals surface area contributed by atoms with E-state index in [4.69, 9.17) is 10.5 Å². The molecule has 0 radical (unpaired) electrons. The lowest BCUT2D eigenvalue weighted by molar-refractivity contribution is -0.141. The number of nitrogens with zero attached hydrogens (tertiary/aromatic N) is 5. The van der Waals surface area contributed by atoms with Crippen LogP contribution in [0, 0.1) is 0 Å². The van der Waals surface area contributed by atoms with Crippen molar-refractivity contribution in [3.63, 3.8) is 0 Å². The number of esters is 1. The highest BCUT2D eigenvalue weighted by molar-refractivity contribution is 5.91. The van der Waals surface area contributed by atoms with Crippen LogP contribution in [0.4, 0.5) is 5.69 Å². The van der Waals surface area contributed by atoms with Crippen molar-refractivity contribution in [3.8, 4) is 22.5 Å². The number of para-hydroxylation sites is 1. The van der Waals surface area contributed by atoms with E-state index in [2.05, 4.69) is 73.7 Å². The summed E-state index contributed by atoms with van der Waals surface area (Å²) in [4.78, 5) is 29.3. The Balaban J connectivity index is 1.49. The van der Waals surface area contributed by atoms with Crippen LogP contribution >= 0.6 is 0 Å². The molecule has 1 aliphatic rings. The standard InChI is InChI=1S/C32H35N7O3/c1-3-10-29-38(21-22-15-17-23(18-16-22)25-13-8-9-14-26(25)31-34-36-37-35-31)30(32(41)42-20-19-28(33)40)27(4-2)39(29)24-11-6-5-7-12-24/h5-9,11-18,29H,3-4,10,19-21H2,1-2H3,(H2,33,40)(H,34,35,36,37). The van der Waals surface area contributed by atoms with Gasteiger partial charge in [0.2, 0.25) is 11.7 Å². The normalized spacial score (nSPS) is 14.9. The van der Waals surface area contributed by atoms with Gasteiger partial charge >= 0.3 is 5.97 Å². The van der Waals surface area contributed by atoms with Crippen molar-refractivity contribution >= 4 is 17.6 Å². The number of anilines is 1. The van der Waals surface area contributed by atoms with E-state index in [1.54, 1.807) is 0 Å². The van der Waals surface area contributed by atoms with Crippen LogP contribution in [0.2, 0.25) is 0 Å². The highest BCUT2D eigenvalue weighted by Crippen LogP contribution is 2.39. The number of primary amides is 1. The number of carbonyl (C=O) groups is 2. The van der Waals surface area contributed by atoms with Crippen molar-refractivity contribution in [2.75, 3.05) is 11.5 Å². The molecular weight excluding hydrogens is 530 g/mol. The minimum absolute atomic E-state index is 0.0198. The Morgan fingerprint density at radius 3 is 2.31 bits per heavy atom. The van der Waals surface area contributed by atoms with Crippen LogP contribution in [0.1, 0.15) is 45.1 Å². The van der Waals surface area contributed by atoms with Crippen LogP contribution in [0.15, 0.2) is 90.3 Å². The molecule has 10 heteroatoms. The zero-order valence-corrected chi connectivity index (χ0v) is 23.9. The lowest BCUT2D eigenvalue weighted by Crippen LogP contribution is -2.41. The van der Waals surface area contributed by atoms with Crippen molar-refractivity contribution < 1.29 is 14.3 Å². The molecule has 3 N–H and O–H groups in total. The minimum Gasteiger partial charge on any atom is -0.460 e. The van der Waals surface area contributed by atoms with Gasteiger partial charge in [0, 0.05) is 17.8 Å². The number of allylic oxidation sites excluding steroid dienone is 1. The number of benzene rings is 3. The van der Waals surface area contributed by atoms with E-state index >= 15 is 0 Å². The molecule has 0 fully saturated rings. The second kappa shape index (κ2) is 13.1. The number of aromatic nitrogens is 4. The van der Waals surface area contributed by atoms with Crippen LogP contribution in [0.3, 0.4) is 0 Å². The van der Waals surface area contributed by atoms with Gasteiger partial charge in [0.1, 0.15) is 18.5 Å². The van der Waals surface area contributed by atoms with E-state index in [0.29, 0.717) is 24.5 Å². The summed E-state index contributed by atoms with van der Waals surface area (Å²) >= 11 is 0.